The Labute approximate surface area is 225 Å². The quantitative estimate of drug-likeness (QED) is 0.264. The SMILES string of the molecule is O=C(O)CN(CC(=O)O)C(COCc1cc(C(F)(F)F)cc(C(F)(F)F)c1)C(c1ccccc1)c1ccccc1. The van der Waals surface area contributed by atoms with Gasteiger partial charge in [-0.2, -0.15) is 26.3 Å². The number of benzene rings is 3. The van der Waals surface area contributed by atoms with Crippen molar-refractivity contribution in [2.24, 2.45) is 0 Å². The molecule has 0 aliphatic rings. The molecule has 3 rings (SSSR count). The molecule has 0 fully saturated rings. The average Bonchev–Trinajstić information content (AvgIpc) is 2.87. The first-order chi connectivity index (χ1) is 18.8. The minimum Gasteiger partial charge on any atom is -0.480 e. The second kappa shape index (κ2) is 13.0. The van der Waals surface area contributed by atoms with Crippen LogP contribution in [0.2, 0.25) is 0 Å². The second-order valence-electron chi connectivity index (χ2n) is 8.99. The largest absolute Gasteiger partial charge is 0.480 e. The van der Waals surface area contributed by atoms with Crippen LogP contribution in [-0.2, 0) is 33.3 Å². The normalized spacial score (nSPS) is 13.0. The molecular weight excluding hydrogens is 544 g/mol. The third kappa shape index (κ3) is 8.55. The highest BCUT2D eigenvalue weighted by molar-refractivity contribution is 5.72. The zero-order valence-corrected chi connectivity index (χ0v) is 20.8. The predicted octanol–water partition coefficient (Wildman–Crippen LogP) is 5.91. The molecular formula is C28H25F6NO5. The van der Waals surface area contributed by atoms with Crippen LogP contribution in [-0.4, -0.2) is 52.8 Å². The number of ether oxygens (including phenoxy) is 1. The number of carboxylic acids is 2. The van der Waals surface area contributed by atoms with Gasteiger partial charge < -0.3 is 14.9 Å². The van der Waals surface area contributed by atoms with E-state index in [0.717, 1.165) is 4.90 Å². The Kier molecular flexibility index (Phi) is 9.93. The number of carbonyl (C=O) groups is 2. The van der Waals surface area contributed by atoms with Gasteiger partial charge in [0.25, 0.3) is 0 Å². The standard InChI is InChI=1S/C28H25F6NO5/c29-27(30,31)21-11-18(12-22(13-21)28(32,33)34)16-40-17-23(35(14-24(36)37)15-25(38)39)26(19-7-3-1-4-8-19)20-9-5-2-6-10-20/h1-13,23,26H,14-17H2,(H,36,37)(H,38,39). The summed E-state index contributed by atoms with van der Waals surface area (Å²) in [5.41, 5.74) is -2.06. The van der Waals surface area contributed by atoms with Crippen LogP contribution in [0.15, 0.2) is 78.9 Å². The highest BCUT2D eigenvalue weighted by Gasteiger charge is 2.37. The van der Waals surface area contributed by atoms with Crippen molar-refractivity contribution >= 4 is 11.9 Å². The van der Waals surface area contributed by atoms with Crippen LogP contribution in [0.5, 0.6) is 0 Å². The molecule has 0 radical (unpaired) electrons. The van der Waals surface area contributed by atoms with Gasteiger partial charge in [0, 0.05) is 12.0 Å². The van der Waals surface area contributed by atoms with Gasteiger partial charge in [-0.25, -0.2) is 0 Å². The Hall–Kier alpha value is -3.90. The number of alkyl halides is 6. The minimum atomic E-state index is -5.04. The van der Waals surface area contributed by atoms with Gasteiger partial charge in [-0.05, 0) is 34.9 Å². The van der Waals surface area contributed by atoms with E-state index in [-0.39, 0.29) is 6.07 Å². The fourth-order valence-corrected chi connectivity index (χ4v) is 4.41. The van der Waals surface area contributed by atoms with Crippen LogP contribution in [0.4, 0.5) is 26.3 Å². The first-order valence-corrected chi connectivity index (χ1v) is 11.9. The van der Waals surface area contributed by atoms with Crippen molar-refractivity contribution < 1.29 is 50.9 Å². The predicted molar refractivity (Wildman–Crippen MR) is 131 cm³/mol. The molecule has 0 heterocycles. The van der Waals surface area contributed by atoms with Crippen LogP contribution in [0.3, 0.4) is 0 Å². The van der Waals surface area contributed by atoms with E-state index in [9.17, 15) is 46.1 Å². The molecule has 0 amide bonds. The van der Waals surface area contributed by atoms with Crippen molar-refractivity contribution in [2.45, 2.75) is 30.9 Å². The molecule has 40 heavy (non-hydrogen) atoms. The van der Waals surface area contributed by atoms with Gasteiger partial charge >= 0.3 is 24.3 Å². The molecule has 2 N–H and O–H groups in total. The summed E-state index contributed by atoms with van der Waals surface area (Å²) >= 11 is 0. The fourth-order valence-electron chi connectivity index (χ4n) is 4.41. The van der Waals surface area contributed by atoms with Gasteiger partial charge in [0.15, 0.2) is 0 Å². The summed E-state index contributed by atoms with van der Waals surface area (Å²) in [6.45, 7) is -2.50. The Morgan fingerprint density at radius 3 is 1.52 bits per heavy atom. The highest BCUT2D eigenvalue weighted by Crippen LogP contribution is 2.37. The molecule has 6 nitrogen and oxygen atoms in total. The number of hydrogen-bond donors (Lipinski definition) is 2. The Bertz CT molecular complexity index is 1190. The average molecular weight is 569 g/mol. The number of hydrogen-bond acceptors (Lipinski definition) is 4. The van der Waals surface area contributed by atoms with E-state index in [0.29, 0.717) is 23.3 Å². The molecule has 0 aromatic heterocycles. The topological polar surface area (TPSA) is 87.1 Å². The van der Waals surface area contributed by atoms with E-state index in [1.807, 2.05) is 0 Å². The van der Waals surface area contributed by atoms with Crippen LogP contribution < -0.4 is 0 Å². The van der Waals surface area contributed by atoms with Gasteiger partial charge in [0.2, 0.25) is 0 Å². The highest BCUT2D eigenvalue weighted by atomic mass is 19.4. The third-order valence-corrected chi connectivity index (χ3v) is 6.05. The number of aliphatic carboxylic acids is 2. The molecule has 0 saturated heterocycles. The van der Waals surface area contributed by atoms with Gasteiger partial charge in [0.1, 0.15) is 0 Å². The van der Waals surface area contributed by atoms with Crippen molar-refractivity contribution in [2.75, 3.05) is 19.7 Å². The summed E-state index contributed by atoms with van der Waals surface area (Å²) in [4.78, 5) is 24.5. The first kappa shape index (κ1) is 30.6. The van der Waals surface area contributed by atoms with E-state index < -0.39 is 79.2 Å². The number of halogens is 6. The van der Waals surface area contributed by atoms with Crippen LogP contribution >= 0.6 is 0 Å². The summed E-state index contributed by atoms with van der Waals surface area (Å²) in [5.74, 6) is -3.33. The van der Waals surface area contributed by atoms with E-state index in [4.69, 9.17) is 4.74 Å². The van der Waals surface area contributed by atoms with Crippen molar-refractivity contribution in [3.05, 3.63) is 107 Å². The minimum absolute atomic E-state index is 0.00853. The zero-order chi connectivity index (χ0) is 29.5. The van der Waals surface area contributed by atoms with Gasteiger partial charge in [-0.1, -0.05) is 60.7 Å². The van der Waals surface area contributed by atoms with Gasteiger partial charge in [-0.3, -0.25) is 14.5 Å². The van der Waals surface area contributed by atoms with Crippen molar-refractivity contribution in [1.29, 1.82) is 0 Å². The van der Waals surface area contributed by atoms with Crippen LogP contribution in [0.1, 0.15) is 33.7 Å². The monoisotopic (exact) mass is 569 g/mol. The maximum absolute atomic E-state index is 13.3. The van der Waals surface area contributed by atoms with E-state index in [1.54, 1.807) is 60.7 Å². The third-order valence-electron chi connectivity index (χ3n) is 6.05. The zero-order valence-electron chi connectivity index (χ0n) is 20.8. The molecule has 0 aliphatic carbocycles. The lowest BCUT2D eigenvalue weighted by atomic mass is 9.84. The Balaban J connectivity index is 2.02. The summed E-state index contributed by atoms with van der Waals surface area (Å²) in [6, 6.07) is 17.5. The number of nitrogens with zero attached hydrogens (tertiary/aromatic N) is 1. The van der Waals surface area contributed by atoms with Gasteiger partial charge in [0.05, 0.1) is 37.4 Å². The maximum Gasteiger partial charge on any atom is 0.416 e. The summed E-state index contributed by atoms with van der Waals surface area (Å²) in [5, 5.41) is 19.0. The van der Waals surface area contributed by atoms with Crippen LogP contribution in [0.25, 0.3) is 0 Å². The molecule has 0 aliphatic heterocycles. The molecule has 1 atom stereocenters. The van der Waals surface area contributed by atoms with E-state index in [1.165, 1.54) is 0 Å². The van der Waals surface area contributed by atoms with Crippen molar-refractivity contribution in [1.82, 2.24) is 4.90 Å². The molecule has 0 saturated carbocycles. The summed E-state index contributed by atoms with van der Waals surface area (Å²) in [6.07, 6.45) is -10.1. The van der Waals surface area contributed by atoms with Crippen LogP contribution in [0, 0.1) is 0 Å². The lowest BCUT2D eigenvalue weighted by Gasteiger charge is -2.36. The molecule has 214 valence electrons. The summed E-state index contributed by atoms with van der Waals surface area (Å²) in [7, 11) is 0. The molecule has 12 heteroatoms. The number of carboxylic acid groups (broad SMARTS) is 2. The second-order valence-corrected chi connectivity index (χ2v) is 8.99. The number of rotatable bonds is 12. The van der Waals surface area contributed by atoms with E-state index in [2.05, 4.69) is 0 Å². The molecule has 0 bridgehead atoms. The maximum atomic E-state index is 13.3. The fraction of sp³-hybridized carbons (Fsp3) is 0.286. The van der Waals surface area contributed by atoms with Crippen molar-refractivity contribution in [3.63, 3.8) is 0 Å². The van der Waals surface area contributed by atoms with Crippen molar-refractivity contribution in [3.8, 4) is 0 Å². The Morgan fingerprint density at radius 1 is 0.725 bits per heavy atom. The lowest BCUT2D eigenvalue weighted by molar-refractivity contribution is -0.145. The molecule has 3 aromatic rings. The molecule has 3 aromatic carbocycles. The first-order valence-electron chi connectivity index (χ1n) is 11.9. The summed E-state index contributed by atoms with van der Waals surface area (Å²) < 4.78 is 85.4. The molecule has 1 unspecified atom stereocenters. The molecule has 0 spiro atoms. The smallest absolute Gasteiger partial charge is 0.416 e. The van der Waals surface area contributed by atoms with E-state index >= 15 is 0 Å². The lowest BCUT2D eigenvalue weighted by Crippen LogP contribution is -2.48. The Morgan fingerprint density at radius 2 is 1.15 bits per heavy atom. The van der Waals surface area contributed by atoms with Gasteiger partial charge in [-0.15, -0.1) is 0 Å².